The van der Waals surface area contributed by atoms with Gasteiger partial charge in [-0.05, 0) is 29.2 Å². The maximum atomic E-state index is 14.5. The van der Waals surface area contributed by atoms with Gasteiger partial charge in [-0.2, -0.15) is 5.26 Å². The number of aromatic nitrogens is 2. The van der Waals surface area contributed by atoms with Crippen molar-refractivity contribution in [2.24, 2.45) is 12.5 Å². The topological polar surface area (TPSA) is 50.7 Å². The van der Waals surface area contributed by atoms with Gasteiger partial charge in [0.15, 0.2) is 0 Å². The van der Waals surface area contributed by atoms with Crippen LogP contribution in [0.4, 0.5) is 4.39 Å². The smallest absolute Gasteiger partial charge is 0.295 e. The summed E-state index contributed by atoms with van der Waals surface area (Å²) in [5.74, 6) is -0.538. The molecule has 0 saturated carbocycles. The largest absolute Gasteiger partial charge is 0.328 e. The maximum Gasteiger partial charge on any atom is 0.328 e. The normalized spacial score (nSPS) is 11.7. The first-order valence-corrected chi connectivity index (χ1v) is 8.11. The summed E-state index contributed by atoms with van der Waals surface area (Å²) in [7, 11) is 1.72. The van der Waals surface area contributed by atoms with Crippen molar-refractivity contribution in [3.05, 3.63) is 58.3 Å². The lowest BCUT2D eigenvalue weighted by Crippen LogP contribution is -2.27. The molecule has 1 heterocycles. The number of hydrogen-bond donors (Lipinski definition) is 0. The Kier molecular flexibility index (Phi) is 4.00. The number of rotatable bonds is 2. The average molecular weight is 337 g/mol. The Morgan fingerprint density at radius 1 is 1.16 bits per heavy atom. The Morgan fingerprint density at radius 3 is 2.52 bits per heavy atom. The van der Waals surface area contributed by atoms with Gasteiger partial charge in [0, 0.05) is 19.2 Å². The number of nitrogens with zero attached hydrogens (tertiary/aromatic N) is 3. The molecular weight excluding hydrogens is 317 g/mol. The summed E-state index contributed by atoms with van der Waals surface area (Å²) in [6.45, 7) is 6.83. The van der Waals surface area contributed by atoms with E-state index in [4.69, 9.17) is 5.26 Å². The van der Waals surface area contributed by atoms with Crippen molar-refractivity contribution >= 4 is 11.0 Å². The van der Waals surface area contributed by atoms with Crippen LogP contribution >= 0.6 is 0 Å². The highest BCUT2D eigenvalue weighted by Crippen LogP contribution is 2.28. The van der Waals surface area contributed by atoms with Crippen LogP contribution in [0.15, 0.2) is 41.2 Å². The van der Waals surface area contributed by atoms with E-state index >= 15 is 0 Å². The van der Waals surface area contributed by atoms with E-state index in [2.05, 4.69) is 20.8 Å². The van der Waals surface area contributed by atoms with E-state index < -0.39 is 5.82 Å². The van der Waals surface area contributed by atoms with E-state index in [0.717, 1.165) is 11.0 Å². The number of hydrogen-bond acceptors (Lipinski definition) is 2. The van der Waals surface area contributed by atoms with Crippen molar-refractivity contribution in [2.75, 3.05) is 0 Å². The minimum Gasteiger partial charge on any atom is -0.295 e. The second-order valence-electron chi connectivity index (χ2n) is 7.47. The van der Waals surface area contributed by atoms with Gasteiger partial charge in [0.1, 0.15) is 11.9 Å². The summed E-state index contributed by atoms with van der Waals surface area (Å²) in [5.41, 5.74) is 2.45. The van der Waals surface area contributed by atoms with E-state index in [1.54, 1.807) is 40.4 Å². The van der Waals surface area contributed by atoms with Gasteiger partial charge in [-0.1, -0.05) is 39.0 Å². The molecule has 0 bridgehead atoms. The van der Waals surface area contributed by atoms with Crippen LogP contribution in [-0.2, 0) is 13.6 Å². The van der Waals surface area contributed by atoms with Gasteiger partial charge in [-0.25, -0.2) is 9.18 Å². The predicted molar refractivity (Wildman–Crippen MR) is 96.7 cm³/mol. The fraction of sp³-hybridized carbons (Fsp3) is 0.300. The fourth-order valence-electron chi connectivity index (χ4n) is 3.04. The highest BCUT2D eigenvalue weighted by Gasteiger charge is 2.18. The SMILES string of the molecule is Cn1c(=O)n(CC(C)(C)C)c2ccc(-c3cccc(C#N)c3F)cc21. The number of nitriles is 1. The molecule has 5 heteroatoms. The molecule has 0 fully saturated rings. The molecule has 0 aliphatic rings. The molecule has 0 atom stereocenters. The third-order valence-corrected chi connectivity index (χ3v) is 4.21. The summed E-state index contributed by atoms with van der Waals surface area (Å²) >= 11 is 0. The van der Waals surface area contributed by atoms with Crippen LogP contribution in [0, 0.1) is 22.6 Å². The quantitative estimate of drug-likeness (QED) is 0.708. The van der Waals surface area contributed by atoms with Gasteiger partial charge in [0.2, 0.25) is 0 Å². The second kappa shape index (κ2) is 5.89. The molecule has 0 amide bonds. The van der Waals surface area contributed by atoms with Crippen molar-refractivity contribution in [2.45, 2.75) is 27.3 Å². The molecule has 0 unspecified atom stereocenters. The van der Waals surface area contributed by atoms with Crippen LogP contribution in [0.3, 0.4) is 0 Å². The summed E-state index contributed by atoms with van der Waals surface area (Å²) in [6, 6.07) is 12.0. The first-order chi connectivity index (χ1) is 11.7. The van der Waals surface area contributed by atoms with E-state index in [1.807, 2.05) is 12.1 Å². The zero-order valence-electron chi connectivity index (χ0n) is 14.8. The first kappa shape index (κ1) is 17.0. The van der Waals surface area contributed by atoms with E-state index in [9.17, 15) is 9.18 Å². The van der Waals surface area contributed by atoms with Crippen molar-refractivity contribution < 1.29 is 4.39 Å². The Balaban J connectivity index is 2.22. The molecule has 0 aliphatic carbocycles. The molecule has 2 aromatic carbocycles. The Bertz CT molecular complexity index is 1060. The van der Waals surface area contributed by atoms with Crippen molar-refractivity contribution in [3.8, 4) is 17.2 Å². The van der Waals surface area contributed by atoms with Gasteiger partial charge in [0.05, 0.1) is 16.6 Å². The highest BCUT2D eigenvalue weighted by molar-refractivity contribution is 5.83. The maximum absolute atomic E-state index is 14.5. The highest BCUT2D eigenvalue weighted by atomic mass is 19.1. The summed E-state index contributed by atoms with van der Waals surface area (Å²) < 4.78 is 17.8. The number of halogens is 1. The molecule has 0 radical (unpaired) electrons. The third-order valence-electron chi connectivity index (χ3n) is 4.21. The minimum absolute atomic E-state index is 0.0109. The van der Waals surface area contributed by atoms with Gasteiger partial charge in [-0.3, -0.25) is 9.13 Å². The van der Waals surface area contributed by atoms with Gasteiger partial charge in [0.25, 0.3) is 0 Å². The number of benzene rings is 2. The van der Waals surface area contributed by atoms with Crippen LogP contribution in [0.25, 0.3) is 22.2 Å². The van der Waals surface area contributed by atoms with Crippen LogP contribution in [0.5, 0.6) is 0 Å². The predicted octanol–water partition coefficient (Wildman–Crippen LogP) is 4.06. The molecule has 0 saturated heterocycles. The molecule has 3 aromatic rings. The average Bonchev–Trinajstić information content (AvgIpc) is 2.78. The third kappa shape index (κ3) is 2.96. The van der Waals surface area contributed by atoms with Crippen LogP contribution in [0.2, 0.25) is 0 Å². The minimum atomic E-state index is -0.538. The molecule has 0 N–H and O–H groups in total. The van der Waals surface area contributed by atoms with E-state index in [1.165, 1.54) is 6.07 Å². The lowest BCUT2D eigenvalue weighted by Gasteiger charge is -2.18. The monoisotopic (exact) mass is 337 g/mol. The van der Waals surface area contributed by atoms with Crippen LogP contribution in [-0.4, -0.2) is 9.13 Å². The van der Waals surface area contributed by atoms with Gasteiger partial charge in [-0.15, -0.1) is 0 Å². The molecule has 1 aromatic heterocycles. The summed E-state index contributed by atoms with van der Waals surface area (Å²) in [4.78, 5) is 12.6. The summed E-state index contributed by atoms with van der Waals surface area (Å²) in [5, 5.41) is 9.01. The Hall–Kier alpha value is -2.87. The Morgan fingerprint density at radius 2 is 1.88 bits per heavy atom. The van der Waals surface area contributed by atoms with Crippen LogP contribution < -0.4 is 5.69 Å². The van der Waals surface area contributed by atoms with Crippen LogP contribution in [0.1, 0.15) is 26.3 Å². The molecule has 4 nitrogen and oxygen atoms in total. The van der Waals surface area contributed by atoms with Crippen molar-refractivity contribution in [3.63, 3.8) is 0 Å². The van der Waals surface area contributed by atoms with E-state index in [0.29, 0.717) is 17.7 Å². The number of imidazole rings is 1. The number of aryl methyl sites for hydroxylation is 1. The molecule has 0 spiro atoms. The second-order valence-corrected chi connectivity index (χ2v) is 7.47. The standard InChI is InChI=1S/C20H20FN3O/c1-20(2,3)12-24-16-9-8-13(10-17(16)23(4)19(24)25)15-7-5-6-14(11-22)18(15)21/h5-10H,12H2,1-4H3. The number of fused-ring (bicyclic) bond motifs is 1. The molecule has 25 heavy (non-hydrogen) atoms. The molecule has 0 aliphatic heterocycles. The van der Waals surface area contributed by atoms with Gasteiger partial charge >= 0.3 is 5.69 Å². The zero-order chi connectivity index (χ0) is 18.4. The molecule has 3 rings (SSSR count). The fourth-order valence-corrected chi connectivity index (χ4v) is 3.04. The molecular formula is C20H20FN3O. The van der Waals surface area contributed by atoms with E-state index in [-0.39, 0.29) is 16.7 Å². The summed E-state index contributed by atoms with van der Waals surface area (Å²) in [6.07, 6.45) is 0. The first-order valence-electron chi connectivity index (χ1n) is 8.11. The van der Waals surface area contributed by atoms with Crippen molar-refractivity contribution in [1.82, 2.24) is 9.13 Å². The Labute approximate surface area is 145 Å². The lowest BCUT2D eigenvalue weighted by atomic mass is 9.97. The molecule has 128 valence electrons. The van der Waals surface area contributed by atoms with Gasteiger partial charge < -0.3 is 0 Å². The lowest BCUT2D eigenvalue weighted by molar-refractivity contribution is 0.342. The van der Waals surface area contributed by atoms with Crippen molar-refractivity contribution in [1.29, 1.82) is 5.26 Å². The zero-order valence-corrected chi connectivity index (χ0v) is 14.8.